The van der Waals surface area contributed by atoms with Crippen LogP contribution in [0.3, 0.4) is 0 Å². The van der Waals surface area contributed by atoms with Gasteiger partial charge in [-0.15, -0.1) is 0 Å². The molecule has 0 unspecified atom stereocenters. The number of benzene rings is 1. The van der Waals surface area contributed by atoms with Gasteiger partial charge in [-0.2, -0.15) is 0 Å². The van der Waals surface area contributed by atoms with Gasteiger partial charge >= 0.3 is 165 Å². The Morgan fingerprint density at radius 3 is 1.89 bits per heavy atom. The molecule has 0 bridgehead atoms. The first-order valence-electron chi connectivity index (χ1n) is 6.75. The minimum absolute atomic E-state index is 0.159. The number of hydrogen-bond acceptors (Lipinski definition) is 3. The average Bonchev–Trinajstić information content (AvgIpc) is 3.18. The Morgan fingerprint density at radius 2 is 1.48 bits per heavy atom. The summed E-state index contributed by atoms with van der Waals surface area (Å²) in [4.78, 5) is 11.9. The third-order valence-electron chi connectivity index (χ3n) is 2.89. The van der Waals surface area contributed by atoms with E-state index >= 15 is 0 Å². The van der Waals surface area contributed by atoms with E-state index in [0.717, 1.165) is 10.9 Å². The summed E-state index contributed by atoms with van der Waals surface area (Å²) in [5.41, 5.74) is 1.17. The second-order valence-corrected chi connectivity index (χ2v) is 4.79. The van der Waals surface area contributed by atoms with E-state index in [1.807, 2.05) is 25.1 Å². The van der Waals surface area contributed by atoms with Gasteiger partial charge < -0.3 is 0 Å². The van der Waals surface area contributed by atoms with Gasteiger partial charge in [0.1, 0.15) is 0 Å². The van der Waals surface area contributed by atoms with Crippen LogP contribution in [0.1, 0.15) is 24.8 Å². The van der Waals surface area contributed by atoms with Crippen LogP contribution in [-0.4, -0.2) is 23.1 Å². The van der Waals surface area contributed by atoms with Gasteiger partial charge in [-0.05, 0) is 0 Å². The summed E-state index contributed by atoms with van der Waals surface area (Å²) in [6, 6.07) is 9.81. The quantitative estimate of drug-likeness (QED) is 0.456. The van der Waals surface area contributed by atoms with E-state index in [4.69, 9.17) is 28.0 Å². The van der Waals surface area contributed by atoms with Gasteiger partial charge in [-0.1, -0.05) is 0 Å². The molecule has 1 aliphatic rings. The Kier molecular flexibility index (Phi) is 31.2. The molecule has 0 saturated carbocycles. The molecule has 1 heterocycles. The zero-order chi connectivity index (χ0) is 22.3. The van der Waals surface area contributed by atoms with Crippen molar-refractivity contribution in [3.05, 3.63) is 69.1 Å². The van der Waals surface area contributed by atoms with Crippen molar-refractivity contribution in [1.82, 2.24) is 5.32 Å². The number of hydrogen-bond donors (Lipinski definition) is 1. The first kappa shape index (κ1) is 32.4. The molecule has 0 amide bonds. The number of nitrogens with one attached hydrogen (secondary N) is 1. The zero-order valence-corrected chi connectivity index (χ0v) is 15.5. The molecule has 0 spiro atoms. The van der Waals surface area contributed by atoms with Gasteiger partial charge in [-0.25, -0.2) is 0 Å². The molecule has 8 nitrogen and oxygen atoms in total. The normalized spacial score (nSPS) is 15.3. The second-order valence-electron chi connectivity index (χ2n) is 4.02. The number of carbonyl (C=O) groups is 1. The third-order valence-corrected chi connectivity index (χ3v) is 3.34. The Balaban J connectivity index is -0.000000230. The van der Waals surface area contributed by atoms with Crippen molar-refractivity contribution in [3.8, 4) is 0 Å². The number of esters is 1. The van der Waals surface area contributed by atoms with Gasteiger partial charge in [0, 0.05) is 0 Å². The van der Waals surface area contributed by atoms with Crippen LogP contribution >= 0.6 is 0 Å². The summed E-state index contributed by atoms with van der Waals surface area (Å²) in [5, 5.41) is 3.17. The third kappa shape index (κ3) is 13.6. The monoisotopic (exact) mass is 409 g/mol. The Hall–Kier alpha value is -2.25. The molecule has 27 heavy (non-hydrogen) atoms. The zero-order valence-electron chi connectivity index (χ0n) is 14.2. The summed E-state index contributed by atoms with van der Waals surface area (Å²) < 4.78 is 43.6. The van der Waals surface area contributed by atoms with Crippen LogP contribution in [0.5, 0.6) is 0 Å². The van der Waals surface area contributed by atoms with Crippen LogP contribution < -0.4 is 5.32 Å². The SMILES string of the molecule is CCOC(=O)[C@@H]1N[C](=[Cr])C[C@H]1c1ccccc1.[C-]#[O+].[C-]#[O+].[C-]#[O+].[C-]#[O+].[C-]#[O+]. The number of carbonyl (C=O) groups excluding carboxylic acids is 1. The molecule has 1 saturated heterocycles. The molecular weight excluding hydrogens is 394 g/mol. The Bertz CT molecular complexity index is 585. The van der Waals surface area contributed by atoms with Crippen LogP contribution in [0.25, 0.3) is 0 Å². The fourth-order valence-electron chi connectivity index (χ4n) is 2.12. The fraction of sp³-hybridized carbons (Fsp3) is 0.278. The summed E-state index contributed by atoms with van der Waals surface area (Å²) in [7, 11) is 0. The molecule has 1 aliphatic heterocycles. The van der Waals surface area contributed by atoms with Crippen molar-refractivity contribution >= 4 is 10.5 Å². The molecule has 1 fully saturated rings. The maximum absolute atomic E-state index is 11.9. The first-order valence-corrected chi connectivity index (χ1v) is 7.39. The van der Waals surface area contributed by atoms with Gasteiger partial charge in [-0.3, -0.25) is 0 Å². The summed E-state index contributed by atoms with van der Waals surface area (Å²) in [6.07, 6.45) is 0.841. The molecule has 1 N–H and O–H groups in total. The van der Waals surface area contributed by atoms with E-state index in [0.29, 0.717) is 6.61 Å². The fourth-order valence-corrected chi connectivity index (χ4v) is 2.59. The summed E-state index contributed by atoms with van der Waals surface area (Å²) in [5.74, 6) is -0.0156. The Labute approximate surface area is 165 Å². The molecular formula is C18H15CrNO7. The molecule has 1 aromatic rings. The van der Waals surface area contributed by atoms with E-state index in [2.05, 4.69) is 66.6 Å². The van der Waals surface area contributed by atoms with Crippen LogP contribution in [0.4, 0.5) is 0 Å². The van der Waals surface area contributed by atoms with Crippen molar-refractivity contribution in [2.75, 3.05) is 6.61 Å². The van der Waals surface area contributed by atoms with Crippen LogP contribution in [0.15, 0.2) is 30.3 Å². The van der Waals surface area contributed by atoms with Crippen LogP contribution in [0, 0.1) is 33.3 Å². The van der Waals surface area contributed by atoms with Gasteiger partial charge in [0.2, 0.25) is 0 Å². The van der Waals surface area contributed by atoms with Crippen molar-refractivity contribution in [2.24, 2.45) is 0 Å². The molecule has 1 aromatic carbocycles. The van der Waals surface area contributed by atoms with Crippen molar-refractivity contribution in [1.29, 1.82) is 0 Å². The summed E-state index contributed by atoms with van der Waals surface area (Å²) >= 11 is 2.96. The van der Waals surface area contributed by atoms with E-state index < -0.39 is 0 Å². The second kappa shape index (κ2) is 26.0. The van der Waals surface area contributed by atoms with E-state index in [9.17, 15) is 4.79 Å². The van der Waals surface area contributed by atoms with E-state index in [1.54, 1.807) is 0 Å². The van der Waals surface area contributed by atoms with Crippen molar-refractivity contribution < 1.29 is 48.6 Å². The van der Waals surface area contributed by atoms with Gasteiger partial charge in [0.15, 0.2) is 0 Å². The van der Waals surface area contributed by atoms with Gasteiger partial charge in [0.05, 0.1) is 0 Å². The van der Waals surface area contributed by atoms with Crippen molar-refractivity contribution in [2.45, 2.75) is 25.3 Å². The predicted molar refractivity (Wildman–Crippen MR) is 82.0 cm³/mol. The molecule has 2 rings (SSSR count). The number of ether oxygens (including phenoxy) is 1. The maximum atomic E-state index is 11.9. The molecule has 0 aromatic heterocycles. The minimum atomic E-state index is -0.270. The van der Waals surface area contributed by atoms with Crippen molar-refractivity contribution in [3.63, 3.8) is 0 Å². The van der Waals surface area contributed by atoms with Crippen LogP contribution in [-0.2, 0) is 48.6 Å². The molecule has 2 atom stereocenters. The first-order chi connectivity index (χ1) is 13.2. The molecule has 0 radical (unpaired) electrons. The topological polar surface area (TPSA) is 138 Å². The predicted octanol–water partition coefficient (Wildman–Crippen LogP) is 1.18. The number of rotatable bonds is 3. The van der Waals surface area contributed by atoms with Crippen LogP contribution in [0.2, 0.25) is 0 Å². The molecule has 0 aliphatic carbocycles. The van der Waals surface area contributed by atoms with E-state index in [1.165, 1.54) is 5.56 Å². The van der Waals surface area contributed by atoms with Gasteiger partial charge in [0.25, 0.3) is 0 Å². The summed E-state index contributed by atoms with van der Waals surface area (Å²) in [6.45, 7) is 24.7. The molecule has 140 valence electrons. The Morgan fingerprint density at radius 1 is 1.04 bits per heavy atom. The standard InChI is InChI=1S/C13H15NO2.5CO.Cr/c1-2-16-13(15)12-11(8-9-14-12)10-6-4-3-5-7-10;5*1-2;/h3-7,11-12,14H,2,8H2,1H3;;;;;;/t11-,12+;;;;;;/m0....../s1. The average molecular weight is 409 g/mol. The molecule has 9 heteroatoms. The van der Waals surface area contributed by atoms with E-state index in [-0.39, 0.29) is 17.9 Å².